The molecule has 7 nitrogen and oxygen atoms in total. The van der Waals surface area contributed by atoms with Gasteiger partial charge in [-0.1, -0.05) is 30.3 Å². The summed E-state index contributed by atoms with van der Waals surface area (Å²) in [6, 6.07) is 13.9. The fourth-order valence-electron chi connectivity index (χ4n) is 2.82. The highest BCUT2D eigenvalue weighted by Gasteiger charge is 2.44. The van der Waals surface area contributed by atoms with Crippen molar-refractivity contribution in [3.63, 3.8) is 0 Å². The summed E-state index contributed by atoms with van der Waals surface area (Å²) in [5, 5.41) is 13.7. The first-order valence-corrected chi connectivity index (χ1v) is 9.14. The molecule has 0 atom stereocenters. The molecule has 0 radical (unpaired) electrons. The smallest absolute Gasteiger partial charge is 0.338 e. The van der Waals surface area contributed by atoms with Crippen LogP contribution in [-0.2, 0) is 14.9 Å². The van der Waals surface area contributed by atoms with E-state index in [1.807, 2.05) is 30.3 Å². The molecule has 0 spiro atoms. The Morgan fingerprint density at radius 2 is 1.89 bits per heavy atom. The van der Waals surface area contributed by atoms with Gasteiger partial charge < -0.3 is 10.1 Å². The Labute approximate surface area is 164 Å². The van der Waals surface area contributed by atoms with Crippen LogP contribution in [0.3, 0.4) is 0 Å². The van der Waals surface area contributed by atoms with Gasteiger partial charge in [0.05, 0.1) is 15.0 Å². The molecule has 1 amide bonds. The average molecular weight is 433 g/mol. The summed E-state index contributed by atoms with van der Waals surface area (Å²) in [5.41, 5.74) is 0.922. The van der Waals surface area contributed by atoms with Crippen LogP contribution < -0.4 is 5.32 Å². The van der Waals surface area contributed by atoms with Crippen molar-refractivity contribution in [3.05, 3.63) is 74.2 Å². The number of nitrogens with one attached hydrogen (secondary N) is 1. The maximum Gasteiger partial charge on any atom is 0.338 e. The van der Waals surface area contributed by atoms with Gasteiger partial charge in [0.1, 0.15) is 0 Å². The van der Waals surface area contributed by atoms with E-state index < -0.39 is 23.4 Å². The van der Waals surface area contributed by atoms with Crippen LogP contribution in [-0.4, -0.2) is 30.0 Å². The van der Waals surface area contributed by atoms with E-state index in [-0.39, 0.29) is 21.1 Å². The molecular formula is C19H17BrN2O5. The van der Waals surface area contributed by atoms with Gasteiger partial charge in [0.25, 0.3) is 11.6 Å². The number of hydrogen-bond donors (Lipinski definition) is 1. The lowest BCUT2D eigenvalue weighted by Crippen LogP contribution is -2.35. The standard InChI is InChI=1S/C19H17BrN2O5/c20-15-7-6-13(10-16(15)22(25)26)18(24)27-11-17(23)21-12-19(8-9-19)14-4-2-1-3-5-14/h1-7,10H,8-9,11-12H2,(H,21,23). The highest BCUT2D eigenvalue weighted by atomic mass is 79.9. The van der Waals surface area contributed by atoms with Gasteiger partial charge in [0.15, 0.2) is 6.61 Å². The van der Waals surface area contributed by atoms with Gasteiger partial charge in [-0.05, 0) is 46.5 Å². The Balaban J connectivity index is 1.52. The van der Waals surface area contributed by atoms with Crippen LogP contribution in [0.15, 0.2) is 53.0 Å². The van der Waals surface area contributed by atoms with E-state index in [1.54, 1.807) is 0 Å². The number of amides is 1. The van der Waals surface area contributed by atoms with Crippen LogP contribution in [0, 0.1) is 10.1 Å². The minimum atomic E-state index is -0.787. The SMILES string of the molecule is O=C(COC(=O)c1ccc(Br)c([N+](=O)[O-])c1)NCC1(c2ccccc2)CC1. The minimum absolute atomic E-state index is 0.0145. The van der Waals surface area contributed by atoms with Gasteiger partial charge in [0.2, 0.25) is 0 Å². The molecule has 3 rings (SSSR count). The van der Waals surface area contributed by atoms with Crippen molar-refractivity contribution in [3.8, 4) is 0 Å². The number of benzene rings is 2. The predicted molar refractivity (Wildman–Crippen MR) is 101 cm³/mol. The van der Waals surface area contributed by atoms with Gasteiger partial charge >= 0.3 is 5.97 Å². The molecular weight excluding hydrogens is 416 g/mol. The highest BCUT2D eigenvalue weighted by Crippen LogP contribution is 2.47. The zero-order chi connectivity index (χ0) is 19.4. The van der Waals surface area contributed by atoms with Crippen LogP contribution in [0.1, 0.15) is 28.8 Å². The molecule has 1 saturated carbocycles. The van der Waals surface area contributed by atoms with Crippen molar-refractivity contribution in [2.24, 2.45) is 0 Å². The van der Waals surface area contributed by atoms with E-state index in [2.05, 4.69) is 21.2 Å². The second kappa shape index (κ2) is 7.87. The lowest BCUT2D eigenvalue weighted by Gasteiger charge is -2.16. The quantitative estimate of drug-likeness (QED) is 0.410. The highest BCUT2D eigenvalue weighted by molar-refractivity contribution is 9.10. The summed E-state index contributed by atoms with van der Waals surface area (Å²) in [6.45, 7) is 0.0463. The Morgan fingerprint density at radius 1 is 1.19 bits per heavy atom. The van der Waals surface area contributed by atoms with Gasteiger partial charge in [0, 0.05) is 18.0 Å². The fraction of sp³-hybridized carbons (Fsp3) is 0.263. The number of ether oxygens (including phenoxy) is 1. The van der Waals surface area contributed by atoms with E-state index in [0.717, 1.165) is 18.9 Å². The zero-order valence-corrected chi connectivity index (χ0v) is 15.9. The number of carbonyl (C=O) groups excluding carboxylic acids is 2. The normalized spacial score (nSPS) is 14.3. The number of esters is 1. The van der Waals surface area contributed by atoms with Crippen LogP contribution in [0.4, 0.5) is 5.69 Å². The van der Waals surface area contributed by atoms with Gasteiger partial charge in [-0.3, -0.25) is 14.9 Å². The molecule has 0 aliphatic heterocycles. The summed E-state index contributed by atoms with van der Waals surface area (Å²) in [4.78, 5) is 34.4. The predicted octanol–water partition coefficient (Wildman–Crippen LogP) is 3.36. The fourth-order valence-corrected chi connectivity index (χ4v) is 3.21. The first-order valence-electron chi connectivity index (χ1n) is 8.35. The maximum atomic E-state index is 12.0. The average Bonchev–Trinajstić information content (AvgIpc) is 3.46. The number of rotatable bonds is 7. The molecule has 1 aliphatic rings. The van der Waals surface area contributed by atoms with Crippen LogP contribution in [0.2, 0.25) is 0 Å². The molecule has 1 fully saturated rings. The van der Waals surface area contributed by atoms with Crippen molar-refractivity contribution >= 4 is 33.5 Å². The zero-order valence-electron chi connectivity index (χ0n) is 14.3. The van der Waals surface area contributed by atoms with Crippen LogP contribution >= 0.6 is 15.9 Å². The number of nitro benzene ring substituents is 1. The minimum Gasteiger partial charge on any atom is -0.452 e. The molecule has 0 bridgehead atoms. The number of nitrogens with zero attached hydrogens (tertiary/aromatic N) is 1. The molecule has 27 heavy (non-hydrogen) atoms. The molecule has 1 aliphatic carbocycles. The third-order valence-electron chi connectivity index (χ3n) is 4.58. The molecule has 8 heteroatoms. The second-order valence-corrected chi connectivity index (χ2v) is 7.28. The van der Waals surface area contributed by atoms with Crippen LogP contribution in [0.25, 0.3) is 0 Å². The Morgan fingerprint density at radius 3 is 2.52 bits per heavy atom. The van der Waals surface area contributed by atoms with Crippen molar-refractivity contribution in [1.29, 1.82) is 0 Å². The number of halogens is 1. The monoisotopic (exact) mass is 432 g/mol. The van der Waals surface area contributed by atoms with Crippen molar-refractivity contribution in [1.82, 2.24) is 5.32 Å². The van der Waals surface area contributed by atoms with E-state index in [4.69, 9.17) is 4.74 Å². The van der Waals surface area contributed by atoms with Gasteiger partial charge in [-0.15, -0.1) is 0 Å². The summed E-state index contributed by atoms with van der Waals surface area (Å²) >= 11 is 3.05. The lowest BCUT2D eigenvalue weighted by atomic mass is 9.96. The Hall–Kier alpha value is -2.74. The molecule has 1 N–H and O–H groups in total. The van der Waals surface area contributed by atoms with E-state index in [0.29, 0.717) is 6.54 Å². The molecule has 0 saturated heterocycles. The molecule has 0 aromatic heterocycles. The Kier molecular flexibility index (Phi) is 5.55. The molecule has 0 heterocycles. The molecule has 2 aromatic rings. The topological polar surface area (TPSA) is 98.5 Å². The number of hydrogen-bond acceptors (Lipinski definition) is 5. The maximum absolute atomic E-state index is 12.0. The van der Waals surface area contributed by atoms with Crippen molar-refractivity contribution in [2.45, 2.75) is 18.3 Å². The lowest BCUT2D eigenvalue weighted by molar-refractivity contribution is -0.385. The number of nitro groups is 1. The second-order valence-electron chi connectivity index (χ2n) is 6.42. The summed E-state index contributed by atoms with van der Waals surface area (Å²) in [6.07, 6.45) is 2.00. The van der Waals surface area contributed by atoms with E-state index in [9.17, 15) is 19.7 Å². The van der Waals surface area contributed by atoms with E-state index in [1.165, 1.54) is 17.7 Å². The summed E-state index contributed by atoms with van der Waals surface area (Å²) in [7, 11) is 0. The van der Waals surface area contributed by atoms with Gasteiger partial charge in [-0.2, -0.15) is 0 Å². The summed E-state index contributed by atoms with van der Waals surface area (Å²) < 4.78 is 5.23. The molecule has 2 aromatic carbocycles. The number of carbonyl (C=O) groups is 2. The third kappa shape index (κ3) is 4.51. The van der Waals surface area contributed by atoms with E-state index >= 15 is 0 Å². The van der Waals surface area contributed by atoms with Crippen LogP contribution in [0.5, 0.6) is 0 Å². The largest absolute Gasteiger partial charge is 0.452 e. The summed E-state index contributed by atoms with van der Waals surface area (Å²) in [5.74, 6) is -1.19. The van der Waals surface area contributed by atoms with Crippen molar-refractivity contribution in [2.75, 3.05) is 13.2 Å². The van der Waals surface area contributed by atoms with Gasteiger partial charge in [-0.25, -0.2) is 4.79 Å². The first kappa shape index (κ1) is 19.0. The molecule has 140 valence electrons. The Bertz CT molecular complexity index is 881. The third-order valence-corrected chi connectivity index (χ3v) is 5.25. The molecule has 0 unspecified atom stereocenters. The van der Waals surface area contributed by atoms with Crippen molar-refractivity contribution < 1.29 is 19.2 Å². The first-order chi connectivity index (χ1) is 12.9.